The van der Waals surface area contributed by atoms with Crippen LogP contribution in [0.5, 0.6) is 0 Å². The van der Waals surface area contributed by atoms with Gasteiger partial charge in [0.15, 0.2) is 5.96 Å². The first-order chi connectivity index (χ1) is 12.8. The minimum absolute atomic E-state index is 0.0301. The summed E-state index contributed by atoms with van der Waals surface area (Å²) < 4.78 is 5.34. The van der Waals surface area contributed by atoms with Crippen molar-refractivity contribution in [2.45, 2.75) is 58.4 Å². The molecular formula is C20H34N4O3. The SMILES string of the molecule is CC(C)CC1(C)N=C(N)N(CCC2CCN(C(=O)C3CCOC3)CC2)C1=O. The van der Waals surface area contributed by atoms with Gasteiger partial charge in [-0.05, 0) is 50.9 Å². The third kappa shape index (κ3) is 4.45. The molecule has 27 heavy (non-hydrogen) atoms. The van der Waals surface area contributed by atoms with Crippen LogP contribution in [0.1, 0.15) is 52.9 Å². The first-order valence-corrected chi connectivity index (χ1v) is 10.3. The van der Waals surface area contributed by atoms with Crippen molar-refractivity contribution in [2.75, 3.05) is 32.8 Å². The van der Waals surface area contributed by atoms with Crippen LogP contribution in [0.25, 0.3) is 0 Å². The molecular weight excluding hydrogens is 344 g/mol. The van der Waals surface area contributed by atoms with E-state index in [2.05, 4.69) is 18.8 Å². The topological polar surface area (TPSA) is 88.2 Å². The van der Waals surface area contributed by atoms with Crippen LogP contribution in [0.4, 0.5) is 0 Å². The molecule has 0 aromatic heterocycles. The fourth-order valence-electron chi connectivity index (χ4n) is 4.64. The van der Waals surface area contributed by atoms with Crippen molar-refractivity contribution in [1.29, 1.82) is 0 Å². The number of piperidine rings is 1. The maximum atomic E-state index is 12.8. The fraction of sp³-hybridized carbons (Fsp3) is 0.850. The summed E-state index contributed by atoms with van der Waals surface area (Å²) in [5.41, 5.74) is 5.35. The van der Waals surface area contributed by atoms with Gasteiger partial charge in [-0.25, -0.2) is 4.99 Å². The Bertz CT molecular complexity index is 592. The van der Waals surface area contributed by atoms with Crippen LogP contribution in [0.3, 0.4) is 0 Å². The van der Waals surface area contributed by atoms with E-state index in [9.17, 15) is 9.59 Å². The summed E-state index contributed by atoms with van der Waals surface area (Å²) in [4.78, 5) is 33.4. The number of aliphatic imine (C=N–C) groups is 1. The van der Waals surface area contributed by atoms with Gasteiger partial charge in [-0.15, -0.1) is 0 Å². The molecule has 0 bridgehead atoms. The molecule has 3 rings (SSSR count). The average Bonchev–Trinajstić information content (AvgIpc) is 3.21. The number of nitrogens with zero attached hydrogens (tertiary/aromatic N) is 3. The van der Waals surface area contributed by atoms with Crippen LogP contribution in [0, 0.1) is 17.8 Å². The van der Waals surface area contributed by atoms with Crippen molar-refractivity contribution in [1.82, 2.24) is 9.80 Å². The standard InChI is InChI=1S/C20H34N4O3/c1-14(2)12-20(3)18(26)24(19(21)22-20)10-6-15-4-8-23(9-5-15)17(25)16-7-11-27-13-16/h14-16H,4-13H2,1-3H3,(H2,21,22). The van der Waals surface area contributed by atoms with Gasteiger partial charge in [0.1, 0.15) is 5.54 Å². The summed E-state index contributed by atoms with van der Waals surface area (Å²) in [6, 6.07) is 0. The molecule has 2 N–H and O–H groups in total. The normalized spacial score (nSPS) is 29.7. The van der Waals surface area contributed by atoms with Gasteiger partial charge in [0.05, 0.1) is 12.5 Å². The maximum absolute atomic E-state index is 12.8. The summed E-state index contributed by atoms with van der Waals surface area (Å²) in [7, 11) is 0. The van der Waals surface area contributed by atoms with Crippen molar-refractivity contribution in [3.8, 4) is 0 Å². The Morgan fingerprint density at radius 1 is 1.33 bits per heavy atom. The second-order valence-corrected chi connectivity index (χ2v) is 8.92. The largest absolute Gasteiger partial charge is 0.381 e. The fourth-order valence-corrected chi connectivity index (χ4v) is 4.64. The van der Waals surface area contributed by atoms with Gasteiger partial charge in [0, 0.05) is 26.2 Å². The molecule has 0 aromatic carbocycles. The number of guanidine groups is 1. The van der Waals surface area contributed by atoms with Gasteiger partial charge in [-0.3, -0.25) is 14.5 Å². The first-order valence-electron chi connectivity index (χ1n) is 10.3. The molecule has 3 heterocycles. The van der Waals surface area contributed by atoms with Gasteiger partial charge < -0.3 is 15.4 Å². The highest BCUT2D eigenvalue weighted by molar-refractivity contribution is 6.06. The molecule has 3 aliphatic heterocycles. The van der Waals surface area contributed by atoms with E-state index >= 15 is 0 Å². The van der Waals surface area contributed by atoms with E-state index in [1.54, 1.807) is 4.90 Å². The molecule has 0 aliphatic carbocycles. The highest BCUT2D eigenvalue weighted by Crippen LogP contribution is 2.30. The van der Waals surface area contributed by atoms with Crippen molar-refractivity contribution < 1.29 is 14.3 Å². The van der Waals surface area contributed by atoms with Crippen molar-refractivity contribution in [2.24, 2.45) is 28.5 Å². The molecule has 2 fully saturated rings. The Morgan fingerprint density at radius 2 is 2.04 bits per heavy atom. The van der Waals surface area contributed by atoms with Crippen molar-refractivity contribution >= 4 is 17.8 Å². The molecule has 3 aliphatic rings. The predicted molar refractivity (Wildman–Crippen MR) is 104 cm³/mol. The molecule has 7 nitrogen and oxygen atoms in total. The first kappa shape index (κ1) is 20.1. The number of carbonyl (C=O) groups excluding carboxylic acids is 2. The molecule has 2 amide bonds. The third-order valence-electron chi connectivity index (χ3n) is 6.12. The van der Waals surface area contributed by atoms with Gasteiger partial charge in [0.2, 0.25) is 5.91 Å². The Balaban J connectivity index is 1.45. The van der Waals surface area contributed by atoms with Gasteiger partial charge in [-0.2, -0.15) is 0 Å². The summed E-state index contributed by atoms with van der Waals surface area (Å²) in [5.74, 6) is 1.61. The highest BCUT2D eigenvalue weighted by Gasteiger charge is 2.44. The molecule has 2 unspecified atom stereocenters. The van der Waals surface area contributed by atoms with Crippen molar-refractivity contribution in [3.63, 3.8) is 0 Å². The van der Waals surface area contributed by atoms with Gasteiger partial charge in [0.25, 0.3) is 5.91 Å². The van der Waals surface area contributed by atoms with Crippen LogP contribution in [0.2, 0.25) is 0 Å². The summed E-state index contributed by atoms with van der Waals surface area (Å²) >= 11 is 0. The van der Waals surface area contributed by atoms with E-state index < -0.39 is 5.54 Å². The Hall–Kier alpha value is -1.63. The molecule has 7 heteroatoms. The lowest BCUT2D eigenvalue weighted by Crippen LogP contribution is -2.45. The lowest BCUT2D eigenvalue weighted by atomic mass is 9.90. The summed E-state index contributed by atoms with van der Waals surface area (Å²) in [5, 5.41) is 0. The zero-order chi connectivity index (χ0) is 19.6. The van der Waals surface area contributed by atoms with Gasteiger partial charge in [-0.1, -0.05) is 13.8 Å². The second-order valence-electron chi connectivity index (χ2n) is 8.92. The highest BCUT2D eigenvalue weighted by atomic mass is 16.5. The van der Waals surface area contributed by atoms with E-state index in [0.717, 1.165) is 38.8 Å². The number of amides is 2. The summed E-state index contributed by atoms with van der Waals surface area (Å²) in [6.07, 6.45) is 4.45. The monoisotopic (exact) mass is 378 g/mol. The van der Waals surface area contributed by atoms with Crippen LogP contribution >= 0.6 is 0 Å². The zero-order valence-electron chi connectivity index (χ0n) is 16.9. The molecule has 2 atom stereocenters. The molecule has 0 radical (unpaired) electrons. The van der Waals surface area contributed by atoms with Gasteiger partial charge >= 0.3 is 0 Å². The number of likely N-dealkylation sites (tertiary alicyclic amines) is 1. The number of hydrogen-bond donors (Lipinski definition) is 1. The van der Waals surface area contributed by atoms with E-state index in [1.807, 2.05) is 11.8 Å². The molecule has 152 valence electrons. The van der Waals surface area contributed by atoms with E-state index in [1.165, 1.54) is 0 Å². The Morgan fingerprint density at radius 3 is 2.63 bits per heavy atom. The molecule has 0 spiro atoms. The summed E-state index contributed by atoms with van der Waals surface area (Å²) in [6.45, 7) is 9.60. The molecule has 2 saturated heterocycles. The number of ether oxygens (including phenoxy) is 1. The third-order valence-corrected chi connectivity index (χ3v) is 6.12. The van der Waals surface area contributed by atoms with Crippen LogP contribution < -0.4 is 5.73 Å². The van der Waals surface area contributed by atoms with Crippen LogP contribution in [0.15, 0.2) is 4.99 Å². The molecule has 0 saturated carbocycles. The Labute approximate surface area is 162 Å². The van der Waals surface area contributed by atoms with E-state index in [0.29, 0.717) is 44.0 Å². The van der Waals surface area contributed by atoms with Crippen LogP contribution in [-0.4, -0.2) is 66.0 Å². The quantitative estimate of drug-likeness (QED) is 0.761. The molecule has 0 aromatic rings. The number of rotatable bonds is 6. The predicted octanol–water partition coefficient (Wildman–Crippen LogP) is 1.61. The van der Waals surface area contributed by atoms with Crippen molar-refractivity contribution in [3.05, 3.63) is 0 Å². The average molecular weight is 379 g/mol. The minimum atomic E-state index is -0.711. The zero-order valence-corrected chi connectivity index (χ0v) is 16.9. The lowest BCUT2D eigenvalue weighted by Gasteiger charge is -2.34. The smallest absolute Gasteiger partial charge is 0.257 e. The number of carbonyl (C=O) groups is 2. The number of hydrogen-bond acceptors (Lipinski definition) is 5. The van der Waals surface area contributed by atoms with E-state index in [-0.39, 0.29) is 17.7 Å². The second kappa shape index (κ2) is 8.17. The van der Waals surface area contributed by atoms with Crippen LogP contribution in [-0.2, 0) is 14.3 Å². The lowest BCUT2D eigenvalue weighted by molar-refractivity contribution is -0.136. The Kier molecular flexibility index (Phi) is 6.08. The minimum Gasteiger partial charge on any atom is -0.381 e. The number of nitrogens with two attached hydrogens (primary N) is 1. The van der Waals surface area contributed by atoms with E-state index in [4.69, 9.17) is 10.5 Å². The maximum Gasteiger partial charge on any atom is 0.257 e.